The highest BCUT2D eigenvalue weighted by atomic mass is 16.5. The van der Waals surface area contributed by atoms with Crippen molar-refractivity contribution in [1.82, 2.24) is 0 Å². The number of aliphatic hydroxyl groups is 1. The second-order valence-corrected chi connectivity index (χ2v) is 6.37. The molecule has 146 valence electrons. The number of methoxy groups -OCH3 is 2. The summed E-state index contributed by atoms with van der Waals surface area (Å²) in [4.78, 5) is 11.7. The van der Waals surface area contributed by atoms with Crippen LogP contribution in [-0.2, 0) is 0 Å². The summed E-state index contributed by atoms with van der Waals surface area (Å²) in [6.07, 6.45) is 2.75. The minimum Gasteiger partial charge on any atom is -0.496 e. The molecule has 0 aliphatic rings. The fraction of sp³-hybridized carbons (Fsp3) is 0.381. The summed E-state index contributed by atoms with van der Waals surface area (Å²) in [5.41, 5.74) is 1.63. The van der Waals surface area contributed by atoms with Crippen molar-refractivity contribution in [1.29, 1.82) is 0 Å². The summed E-state index contributed by atoms with van der Waals surface area (Å²) < 4.78 is 21.9. The molecule has 1 aromatic heterocycles. The van der Waals surface area contributed by atoms with E-state index in [4.69, 9.17) is 18.6 Å². The van der Waals surface area contributed by atoms with Gasteiger partial charge in [-0.05, 0) is 38.8 Å². The number of aliphatic hydroxyl groups excluding tert-OH is 1. The van der Waals surface area contributed by atoms with Crippen molar-refractivity contribution in [3.8, 4) is 17.2 Å². The molecule has 0 amide bonds. The third-order valence-electron chi connectivity index (χ3n) is 4.27. The number of benzene rings is 1. The molecule has 0 aliphatic carbocycles. The van der Waals surface area contributed by atoms with Crippen LogP contribution in [0.1, 0.15) is 26.7 Å². The lowest BCUT2D eigenvalue weighted by Crippen LogP contribution is -2.07. The van der Waals surface area contributed by atoms with E-state index in [9.17, 15) is 9.90 Å². The van der Waals surface area contributed by atoms with Gasteiger partial charge in [-0.1, -0.05) is 17.7 Å². The fourth-order valence-electron chi connectivity index (χ4n) is 2.59. The first kappa shape index (κ1) is 20.6. The van der Waals surface area contributed by atoms with Gasteiger partial charge in [0, 0.05) is 12.1 Å². The van der Waals surface area contributed by atoms with E-state index in [1.165, 1.54) is 20.3 Å². The van der Waals surface area contributed by atoms with Gasteiger partial charge in [0.2, 0.25) is 5.75 Å². The van der Waals surface area contributed by atoms with Crippen molar-refractivity contribution in [2.75, 3.05) is 20.8 Å². The quantitative estimate of drug-likeness (QED) is 0.531. The van der Waals surface area contributed by atoms with E-state index < -0.39 is 11.7 Å². The molecular weight excluding hydrogens is 348 g/mol. The summed E-state index contributed by atoms with van der Waals surface area (Å²) in [5, 5.41) is 10.4. The fourth-order valence-corrected chi connectivity index (χ4v) is 2.59. The molecular formula is C21H26O6. The van der Waals surface area contributed by atoms with Gasteiger partial charge in [0.05, 0.1) is 25.7 Å². The molecule has 2 rings (SSSR count). The molecule has 2 aromatic rings. The number of hydrogen-bond acceptors (Lipinski definition) is 6. The van der Waals surface area contributed by atoms with Crippen molar-refractivity contribution in [2.45, 2.75) is 32.8 Å². The normalized spacial score (nSPS) is 12.7. The largest absolute Gasteiger partial charge is 0.496 e. The van der Waals surface area contributed by atoms with Crippen LogP contribution in [0.2, 0.25) is 0 Å². The molecule has 1 unspecified atom stereocenters. The smallest absolute Gasteiger partial charge is 0.336 e. The van der Waals surface area contributed by atoms with E-state index in [0.717, 1.165) is 17.6 Å². The molecule has 6 nitrogen and oxygen atoms in total. The number of ether oxygens (including phenoxy) is 3. The Bertz CT molecular complexity index is 893. The minimum absolute atomic E-state index is 0.269. The first-order valence-corrected chi connectivity index (χ1v) is 8.68. The Balaban J connectivity index is 2.23. The second-order valence-electron chi connectivity index (χ2n) is 6.37. The number of rotatable bonds is 9. The van der Waals surface area contributed by atoms with Crippen molar-refractivity contribution >= 4 is 11.0 Å². The standard InChI is InChI=1S/C21H26O6/c1-13(2)16(22)8-6-14(3)10-11-26-21-18(25-5)12-17(24-4)15-7-9-19(23)27-20(15)21/h7,9-10,12,16,22H,1,6,8,11H2,2-5H3/b14-10+. The molecule has 1 atom stereocenters. The molecule has 1 aromatic carbocycles. The molecule has 0 aliphatic heterocycles. The van der Waals surface area contributed by atoms with Gasteiger partial charge in [-0.3, -0.25) is 0 Å². The van der Waals surface area contributed by atoms with Crippen LogP contribution in [0, 0.1) is 0 Å². The van der Waals surface area contributed by atoms with Crippen molar-refractivity contribution in [3.63, 3.8) is 0 Å². The number of allylic oxidation sites excluding steroid dienone is 1. The maximum absolute atomic E-state index is 11.7. The molecule has 0 saturated carbocycles. The van der Waals surface area contributed by atoms with Gasteiger partial charge in [0.1, 0.15) is 12.4 Å². The molecule has 27 heavy (non-hydrogen) atoms. The van der Waals surface area contributed by atoms with Crippen LogP contribution in [0.4, 0.5) is 0 Å². The summed E-state index contributed by atoms with van der Waals surface area (Å²) in [7, 11) is 3.04. The number of hydrogen-bond donors (Lipinski definition) is 1. The molecule has 0 radical (unpaired) electrons. The molecule has 0 saturated heterocycles. The third kappa shape index (κ3) is 5.14. The van der Waals surface area contributed by atoms with E-state index in [-0.39, 0.29) is 12.2 Å². The molecule has 0 fully saturated rings. The minimum atomic E-state index is -0.505. The topological polar surface area (TPSA) is 78.1 Å². The molecule has 1 heterocycles. The van der Waals surface area contributed by atoms with Gasteiger partial charge in [-0.15, -0.1) is 0 Å². The lowest BCUT2D eigenvalue weighted by Gasteiger charge is -2.14. The monoisotopic (exact) mass is 374 g/mol. The average Bonchev–Trinajstić information content (AvgIpc) is 2.65. The van der Waals surface area contributed by atoms with Gasteiger partial charge in [0.25, 0.3) is 0 Å². The number of fused-ring (bicyclic) bond motifs is 1. The lowest BCUT2D eigenvalue weighted by molar-refractivity contribution is 0.201. The van der Waals surface area contributed by atoms with E-state index in [1.807, 2.05) is 19.9 Å². The van der Waals surface area contributed by atoms with Crippen molar-refractivity contribution in [3.05, 3.63) is 52.4 Å². The summed E-state index contributed by atoms with van der Waals surface area (Å²) in [5.74, 6) is 1.29. The second kappa shape index (κ2) is 9.28. The highest BCUT2D eigenvalue weighted by Crippen LogP contribution is 2.40. The Labute approximate surface area is 158 Å². The van der Waals surface area contributed by atoms with Crippen LogP contribution in [0.15, 0.2) is 51.2 Å². The van der Waals surface area contributed by atoms with E-state index >= 15 is 0 Å². The Morgan fingerprint density at radius 2 is 1.96 bits per heavy atom. The van der Waals surface area contributed by atoms with Crippen LogP contribution in [0.25, 0.3) is 11.0 Å². The third-order valence-corrected chi connectivity index (χ3v) is 4.27. The zero-order chi connectivity index (χ0) is 20.0. The van der Waals surface area contributed by atoms with Crippen LogP contribution in [0.5, 0.6) is 17.2 Å². The van der Waals surface area contributed by atoms with Crippen LogP contribution in [0.3, 0.4) is 0 Å². The highest BCUT2D eigenvalue weighted by Gasteiger charge is 2.17. The van der Waals surface area contributed by atoms with Crippen molar-refractivity contribution in [2.24, 2.45) is 0 Å². The summed E-state index contributed by atoms with van der Waals surface area (Å²) >= 11 is 0. The van der Waals surface area contributed by atoms with E-state index in [0.29, 0.717) is 29.1 Å². The van der Waals surface area contributed by atoms with Gasteiger partial charge >= 0.3 is 5.63 Å². The first-order chi connectivity index (χ1) is 12.9. The lowest BCUT2D eigenvalue weighted by atomic mass is 10.0. The maximum Gasteiger partial charge on any atom is 0.336 e. The van der Waals surface area contributed by atoms with E-state index in [2.05, 4.69) is 6.58 Å². The molecule has 0 spiro atoms. The molecule has 6 heteroatoms. The molecule has 0 bridgehead atoms. The first-order valence-electron chi connectivity index (χ1n) is 8.68. The predicted octanol–water partition coefficient (Wildman–Crippen LogP) is 3.85. The Hall–Kier alpha value is -2.73. The van der Waals surface area contributed by atoms with Crippen LogP contribution >= 0.6 is 0 Å². The predicted molar refractivity (Wildman–Crippen MR) is 105 cm³/mol. The maximum atomic E-state index is 11.7. The zero-order valence-electron chi connectivity index (χ0n) is 16.2. The Morgan fingerprint density at radius 1 is 1.26 bits per heavy atom. The Morgan fingerprint density at radius 3 is 2.59 bits per heavy atom. The van der Waals surface area contributed by atoms with Gasteiger partial charge in [-0.2, -0.15) is 0 Å². The Kier molecular flexibility index (Phi) is 7.07. The van der Waals surface area contributed by atoms with Gasteiger partial charge in [-0.25, -0.2) is 4.79 Å². The molecule has 1 N–H and O–H groups in total. The van der Waals surface area contributed by atoms with Crippen LogP contribution in [-0.4, -0.2) is 32.0 Å². The zero-order valence-corrected chi connectivity index (χ0v) is 16.2. The summed E-state index contributed by atoms with van der Waals surface area (Å²) in [6.45, 7) is 7.80. The van der Waals surface area contributed by atoms with Gasteiger partial charge < -0.3 is 23.7 Å². The summed E-state index contributed by atoms with van der Waals surface area (Å²) in [6, 6.07) is 4.65. The highest BCUT2D eigenvalue weighted by molar-refractivity contribution is 5.91. The van der Waals surface area contributed by atoms with Gasteiger partial charge in [0.15, 0.2) is 11.3 Å². The van der Waals surface area contributed by atoms with Crippen molar-refractivity contribution < 1.29 is 23.7 Å². The van der Waals surface area contributed by atoms with E-state index in [1.54, 1.807) is 12.1 Å². The SMILES string of the molecule is C=C(C)C(O)CC/C(C)=C/COc1c(OC)cc(OC)c2ccc(=O)oc12. The average molecular weight is 374 g/mol. The van der Waals surface area contributed by atoms with Crippen LogP contribution < -0.4 is 19.8 Å².